The molecule has 3 heteroatoms. The molecule has 1 saturated heterocycles. The smallest absolute Gasteiger partial charge is 0.225 e. The van der Waals surface area contributed by atoms with Crippen LogP contribution in [0.1, 0.15) is 13.8 Å². The van der Waals surface area contributed by atoms with Crippen molar-refractivity contribution in [2.24, 2.45) is 11.8 Å². The predicted molar refractivity (Wildman–Crippen MR) is 48.8 cm³/mol. The van der Waals surface area contributed by atoms with Crippen molar-refractivity contribution >= 4 is 5.91 Å². The van der Waals surface area contributed by atoms with Crippen LogP contribution in [0.4, 0.5) is 0 Å². The van der Waals surface area contributed by atoms with Crippen LogP contribution in [0.3, 0.4) is 0 Å². The van der Waals surface area contributed by atoms with Gasteiger partial charge in [-0.3, -0.25) is 4.79 Å². The Morgan fingerprint density at radius 1 is 1.67 bits per heavy atom. The van der Waals surface area contributed by atoms with E-state index in [1.54, 1.807) is 4.90 Å². The number of rotatable bonds is 3. The van der Waals surface area contributed by atoms with Gasteiger partial charge in [-0.15, -0.1) is 0 Å². The molecule has 1 N–H and O–H groups in total. The zero-order chi connectivity index (χ0) is 9.14. The van der Waals surface area contributed by atoms with Gasteiger partial charge in [0.05, 0.1) is 0 Å². The molecule has 3 nitrogen and oxygen atoms in total. The molecule has 1 heterocycles. The largest absolute Gasteiger partial charge is 0.346 e. The van der Waals surface area contributed by atoms with E-state index in [0.29, 0.717) is 5.92 Å². The average Bonchev–Trinajstić information content (AvgIpc) is 1.98. The highest BCUT2D eigenvalue weighted by atomic mass is 16.2. The second kappa shape index (κ2) is 3.90. The maximum absolute atomic E-state index is 11.6. The molecule has 0 aromatic heterocycles. The van der Waals surface area contributed by atoms with E-state index < -0.39 is 0 Å². The molecule has 70 valence electrons. The molecule has 1 amide bonds. The summed E-state index contributed by atoms with van der Waals surface area (Å²) >= 11 is 0. The monoisotopic (exact) mass is 170 g/mol. The number of nitrogens with zero attached hydrogens (tertiary/aromatic N) is 1. The molecule has 1 atom stereocenters. The summed E-state index contributed by atoms with van der Waals surface area (Å²) in [7, 11) is 1.87. The lowest BCUT2D eigenvalue weighted by Crippen LogP contribution is -2.49. The summed E-state index contributed by atoms with van der Waals surface area (Å²) in [5.41, 5.74) is 0. The second-order valence-electron chi connectivity index (χ2n) is 3.56. The number of nitrogens with one attached hydrogen (secondary N) is 1. The number of hydrogen-bond donors (Lipinski definition) is 1. The molecule has 12 heavy (non-hydrogen) atoms. The topological polar surface area (TPSA) is 32.3 Å². The highest BCUT2D eigenvalue weighted by molar-refractivity contribution is 5.78. The molecule has 0 radical (unpaired) electrons. The van der Waals surface area contributed by atoms with Crippen molar-refractivity contribution < 1.29 is 4.79 Å². The summed E-state index contributed by atoms with van der Waals surface area (Å²) in [6, 6.07) is 0. The fourth-order valence-corrected chi connectivity index (χ4v) is 1.37. The van der Waals surface area contributed by atoms with Crippen molar-refractivity contribution in [1.82, 2.24) is 10.2 Å². The van der Waals surface area contributed by atoms with E-state index in [0.717, 1.165) is 19.6 Å². The van der Waals surface area contributed by atoms with Gasteiger partial charge in [0.15, 0.2) is 0 Å². The summed E-state index contributed by atoms with van der Waals surface area (Å²) < 4.78 is 0. The van der Waals surface area contributed by atoms with Crippen LogP contribution < -0.4 is 5.32 Å². The zero-order valence-electron chi connectivity index (χ0n) is 8.13. The van der Waals surface area contributed by atoms with Crippen molar-refractivity contribution in [3.63, 3.8) is 0 Å². The van der Waals surface area contributed by atoms with E-state index in [1.165, 1.54) is 0 Å². The molecule has 1 fully saturated rings. The number of amides is 1. The molecular formula is C9H18N2O. The van der Waals surface area contributed by atoms with E-state index in [2.05, 4.69) is 5.32 Å². The van der Waals surface area contributed by atoms with E-state index in [9.17, 15) is 4.79 Å². The average molecular weight is 170 g/mol. The fraction of sp³-hybridized carbons (Fsp3) is 0.889. The van der Waals surface area contributed by atoms with Crippen LogP contribution in [-0.4, -0.2) is 37.5 Å². The molecule has 0 aromatic rings. The summed E-state index contributed by atoms with van der Waals surface area (Å²) in [4.78, 5) is 13.4. The minimum absolute atomic E-state index is 0.191. The number of carbonyl (C=O) groups excluding carboxylic acids is 1. The van der Waals surface area contributed by atoms with Crippen molar-refractivity contribution in [2.45, 2.75) is 13.8 Å². The van der Waals surface area contributed by atoms with Crippen LogP contribution in [0.2, 0.25) is 0 Å². The molecule has 0 saturated carbocycles. The van der Waals surface area contributed by atoms with Crippen molar-refractivity contribution in [3.8, 4) is 0 Å². The first-order chi connectivity index (χ1) is 5.66. The third kappa shape index (κ3) is 1.78. The van der Waals surface area contributed by atoms with E-state index in [4.69, 9.17) is 0 Å². The van der Waals surface area contributed by atoms with E-state index >= 15 is 0 Å². The van der Waals surface area contributed by atoms with E-state index in [1.807, 2.05) is 20.9 Å². The normalized spacial score (nSPS) is 19.9. The molecule has 0 aromatic carbocycles. The van der Waals surface area contributed by atoms with Crippen molar-refractivity contribution in [1.29, 1.82) is 0 Å². The predicted octanol–water partition coefficient (Wildman–Crippen LogP) is 0.320. The van der Waals surface area contributed by atoms with Gasteiger partial charge in [-0.1, -0.05) is 6.92 Å². The minimum atomic E-state index is 0.191. The van der Waals surface area contributed by atoms with Gasteiger partial charge in [0.1, 0.15) is 0 Å². The van der Waals surface area contributed by atoms with Gasteiger partial charge in [0, 0.05) is 19.5 Å². The third-order valence-electron chi connectivity index (χ3n) is 2.76. The maximum atomic E-state index is 11.6. The number of carbonyl (C=O) groups is 1. The van der Waals surface area contributed by atoms with E-state index in [-0.39, 0.29) is 11.8 Å². The molecule has 0 aliphatic carbocycles. The fourth-order valence-electron chi connectivity index (χ4n) is 1.37. The van der Waals surface area contributed by atoms with Crippen LogP contribution in [0.5, 0.6) is 0 Å². The molecule has 1 aliphatic rings. The summed E-state index contributed by atoms with van der Waals surface area (Å²) in [5.74, 6) is 1.03. The van der Waals surface area contributed by atoms with Gasteiger partial charge < -0.3 is 10.2 Å². The van der Waals surface area contributed by atoms with Gasteiger partial charge in [0.2, 0.25) is 5.91 Å². The molecule has 1 aliphatic heterocycles. The van der Waals surface area contributed by atoms with Crippen molar-refractivity contribution in [2.75, 3.05) is 26.7 Å². The van der Waals surface area contributed by atoms with Crippen LogP contribution in [0, 0.1) is 11.8 Å². The van der Waals surface area contributed by atoms with Crippen LogP contribution in [0.25, 0.3) is 0 Å². The Bertz CT molecular complexity index is 166. The van der Waals surface area contributed by atoms with Crippen molar-refractivity contribution in [3.05, 3.63) is 0 Å². The molecule has 0 bridgehead atoms. The zero-order valence-corrected chi connectivity index (χ0v) is 8.13. The Labute approximate surface area is 74.1 Å². The number of hydrogen-bond acceptors (Lipinski definition) is 2. The highest BCUT2D eigenvalue weighted by Gasteiger charge is 2.29. The Morgan fingerprint density at radius 3 is 2.58 bits per heavy atom. The van der Waals surface area contributed by atoms with Crippen LogP contribution in [0.15, 0.2) is 0 Å². The Morgan fingerprint density at radius 2 is 2.25 bits per heavy atom. The van der Waals surface area contributed by atoms with Gasteiger partial charge in [-0.05, 0) is 25.9 Å². The summed E-state index contributed by atoms with van der Waals surface area (Å²) in [5, 5.41) is 3.18. The molecular weight excluding hydrogens is 152 g/mol. The van der Waals surface area contributed by atoms with Gasteiger partial charge in [-0.2, -0.15) is 0 Å². The highest BCUT2D eigenvalue weighted by Crippen LogP contribution is 2.17. The summed E-state index contributed by atoms with van der Waals surface area (Å²) in [6.07, 6.45) is 0. The lowest BCUT2D eigenvalue weighted by atomic mass is 9.88. The van der Waals surface area contributed by atoms with Gasteiger partial charge in [0.25, 0.3) is 0 Å². The van der Waals surface area contributed by atoms with Gasteiger partial charge >= 0.3 is 0 Å². The Kier molecular flexibility index (Phi) is 3.09. The Balaban J connectivity index is 2.39. The molecule has 0 spiro atoms. The minimum Gasteiger partial charge on any atom is -0.346 e. The lowest BCUT2D eigenvalue weighted by molar-refractivity contribution is -0.135. The maximum Gasteiger partial charge on any atom is 0.225 e. The first kappa shape index (κ1) is 9.52. The second-order valence-corrected chi connectivity index (χ2v) is 3.56. The standard InChI is InChI=1S/C9H18N2O/c1-4-11(3)9(12)7(2)8-5-10-6-8/h7-8,10H,4-6H2,1-3H3. The summed E-state index contributed by atoms with van der Waals surface area (Å²) in [6.45, 7) is 6.85. The molecule has 1 unspecified atom stereocenters. The van der Waals surface area contributed by atoms with Crippen LogP contribution in [-0.2, 0) is 4.79 Å². The first-order valence-corrected chi connectivity index (χ1v) is 4.62. The van der Waals surface area contributed by atoms with Crippen LogP contribution >= 0.6 is 0 Å². The Hall–Kier alpha value is -0.570. The third-order valence-corrected chi connectivity index (χ3v) is 2.76. The lowest BCUT2D eigenvalue weighted by Gasteiger charge is -2.33. The first-order valence-electron chi connectivity index (χ1n) is 4.62. The SMILES string of the molecule is CCN(C)C(=O)C(C)C1CNC1. The quantitative estimate of drug-likeness (QED) is 0.661. The van der Waals surface area contributed by atoms with Gasteiger partial charge in [-0.25, -0.2) is 0 Å². The molecule has 1 rings (SSSR count).